The Kier molecular flexibility index (Phi) is 5.73. The minimum absolute atomic E-state index is 0.0386. The van der Waals surface area contributed by atoms with E-state index in [4.69, 9.17) is 0 Å². The Balaban J connectivity index is 1.91. The van der Waals surface area contributed by atoms with E-state index in [-0.39, 0.29) is 21.1 Å². The van der Waals surface area contributed by atoms with Gasteiger partial charge >= 0.3 is 0 Å². The fourth-order valence-corrected chi connectivity index (χ4v) is 5.08. The summed E-state index contributed by atoms with van der Waals surface area (Å²) < 4.78 is 42.5. The van der Waals surface area contributed by atoms with Gasteiger partial charge in [-0.2, -0.15) is 0 Å². The highest BCUT2D eigenvalue weighted by Gasteiger charge is 2.24. The van der Waals surface area contributed by atoms with Crippen molar-refractivity contribution in [2.45, 2.75) is 43.0 Å². The molecule has 0 aliphatic carbocycles. The number of rotatable bonds is 5. The van der Waals surface area contributed by atoms with E-state index >= 15 is 0 Å². The Morgan fingerprint density at radius 1 is 0.938 bits per heavy atom. The Morgan fingerprint density at radius 3 is 2.22 bits per heavy atom. The number of aromatic nitrogens is 1. The van der Waals surface area contributed by atoms with Crippen LogP contribution in [0.3, 0.4) is 0 Å². The first-order valence-electron chi connectivity index (χ1n) is 10.4. The Bertz CT molecular complexity index is 1450. The van der Waals surface area contributed by atoms with Crippen LogP contribution in [0.4, 0.5) is 4.39 Å². The lowest BCUT2D eigenvalue weighted by Gasteiger charge is -2.15. The number of benzene rings is 3. The number of halogens is 1. The van der Waals surface area contributed by atoms with Crippen molar-refractivity contribution < 1.29 is 12.8 Å². The molecule has 0 aliphatic rings. The minimum Gasteiger partial charge on any atom is -0.341 e. The summed E-state index contributed by atoms with van der Waals surface area (Å²) in [6.45, 7) is 6.37. The first-order chi connectivity index (χ1) is 15.2. The minimum atomic E-state index is -4.09. The summed E-state index contributed by atoms with van der Waals surface area (Å²) in [4.78, 5) is 12.8. The molecule has 0 aliphatic heterocycles. The van der Waals surface area contributed by atoms with Crippen LogP contribution >= 0.6 is 0 Å². The molecule has 32 heavy (non-hydrogen) atoms. The molecule has 1 heterocycles. The van der Waals surface area contributed by atoms with Gasteiger partial charge in [-0.25, -0.2) is 12.8 Å². The third-order valence-corrected chi connectivity index (χ3v) is 7.39. The van der Waals surface area contributed by atoms with Gasteiger partial charge in [0, 0.05) is 18.1 Å². The van der Waals surface area contributed by atoms with Crippen molar-refractivity contribution >= 4 is 20.7 Å². The number of fused-ring (bicyclic) bond motifs is 1. The average Bonchev–Trinajstić information content (AvgIpc) is 2.77. The lowest BCUT2D eigenvalue weighted by molar-refractivity contribution is 0.593. The summed E-state index contributed by atoms with van der Waals surface area (Å²) in [5.74, 6) is -0.338. The maximum Gasteiger partial charge on any atom is 0.211 e. The maximum atomic E-state index is 14.0. The second-order valence-electron chi connectivity index (χ2n) is 8.32. The summed E-state index contributed by atoms with van der Waals surface area (Å²) in [5, 5.41) is 0.0389. The van der Waals surface area contributed by atoms with Crippen LogP contribution in [0.15, 0.2) is 87.5 Å². The van der Waals surface area contributed by atoms with Gasteiger partial charge in [-0.3, -0.25) is 4.79 Å². The topological polar surface area (TPSA) is 56.1 Å². The first kappa shape index (κ1) is 22.0. The van der Waals surface area contributed by atoms with Gasteiger partial charge in [-0.1, -0.05) is 55.8 Å². The predicted molar refractivity (Wildman–Crippen MR) is 124 cm³/mol. The lowest BCUT2D eigenvalue weighted by Crippen LogP contribution is -2.20. The lowest BCUT2D eigenvalue weighted by atomic mass is 10.0. The molecule has 3 aromatic carbocycles. The van der Waals surface area contributed by atoms with Crippen molar-refractivity contribution in [2.75, 3.05) is 0 Å². The zero-order valence-corrected chi connectivity index (χ0v) is 19.0. The molecule has 0 fully saturated rings. The van der Waals surface area contributed by atoms with Gasteiger partial charge in [-0.15, -0.1) is 0 Å². The normalized spacial score (nSPS) is 11.9. The molecular weight excluding hydrogens is 425 g/mol. The van der Waals surface area contributed by atoms with E-state index in [0.717, 1.165) is 22.8 Å². The SMILES string of the molecule is Cc1ccc(Cn2cc(S(=O)(=O)c3ccc(C(C)C)cc3)c(=O)c3cc(F)ccc32)cc1. The van der Waals surface area contributed by atoms with E-state index in [1.807, 2.05) is 45.0 Å². The van der Waals surface area contributed by atoms with Crippen molar-refractivity contribution in [3.05, 3.63) is 106 Å². The molecule has 0 unspecified atom stereocenters. The predicted octanol–water partition coefficient (Wildman–Crippen LogP) is 5.45. The Morgan fingerprint density at radius 2 is 1.59 bits per heavy atom. The van der Waals surface area contributed by atoms with E-state index in [2.05, 4.69) is 0 Å². The number of hydrogen-bond donors (Lipinski definition) is 0. The Hall–Kier alpha value is -3.25. The number of sulfone groups is 1. The zero-order chi connectivity index (χ0) is 23.0. The van der Waals surface area contributed by atoms with Crippen LogP contribution in [-0.2, 0) is 16.4 Å². The quantitative estimate of drug-likeness (QED) is 0.407. The third-order valence-electron chi connectivity index (χ3n) is 5.63. The van der Waals surface area contributed by atoms with Crippen LogP contribution in [0, 0.1) is 12.7 Å². The first-order valence-corrected chi connectivity index (χ1v) is 11.9. The molecule has 4 aromatic rings. The molecule has 4 nitrogen and oxygen atoms in total. The van der Waals surface area contributed by atoms with Crippen LogP contribution in [-0.4, -0.2) is 13.0 Å². The highest BCUT2D eigenvalue weighted by Crippen LogP contribution is 2.24. The molecule has 0 saturated heterocycles. The molecule has 0 radical (unpaired) electrons. The molecular formula is C26H24FNO3S. The van der Waals surface area contributed by atoms with Gasteiger partial charge in [0.15, 0.2) is 0 Å². The van der Waals surface area contributed by atoms with E-state index in [1.165, 1.54) is 30.5 Å². The summed E-state index contributed by atoms with van der Waals surface area (Å²) in [6.07, 6.45) is 1.37. The Labute approximate surface area is 186 Å². The number of hydrogen-bond acceptors (Lipinski definition) is 3. The molecule has 0 saturated carbocycles. The summed E-state index contributed by atoms with van der Waals surface area (Å²) in [5.41, 5.74) is 2.82. The fraction of sp³-hybridized carbons (Fsp3) is 0.192. The maximum absolute atomic E-state index is 14.0. The van der Waals surface area contributed by atoms with E-state index in [1.54, 1.807) is 16.7 Å². The second kappa shape index (κ2) is 8.36. The molecule has 0 N–H and O–H groups in total. The highest BCUT2D eigenvalue weighted by atomic mass is 32.2. The van der Waals surface area contributed by atoms with Gasteiger partial charge in [0.25, 0.3) is 0 Å². The number of aryl methyl sites for hydroxylation is 1. The zero-order valence-electron chi connectivity index (χ0n) is 18.2. The number of nitrogens with zero attached hydrogens (tertiary/aromatic N) is 1. The molecule has 0 atom stereocenters. The molecule has 1 aromatic heterocycles. The number of pyridine rings is 1. The molecule has 0 bridgehead atoms. The summed E-state index contributed by atoms with van der Waals surface area (Å²) in [6, 6.07) is 18.2. The fourth-order valence-electron chi connectivity index (χ4n) is 3.71. The van der Waals surface area contributed by atoms with Crippen molar-refractivity contribution in [1.29, 1.82) is 0 Å². The van der Waals surface area contributed by atoms with Crippen LogP contribution in [0.2, 0.25) is 0 Å². The van der Waals surface area contributed by atoms with Crippen LogP contribution in [0.25, 0.3) is 10.9 Å². The summed E-state index contributed by atoms with van der Waals surface area (Å²) in [7, 11) is -4.09. The third kappa shape index (κ3) is 4.10. The van der Waals surface area contributed by atoms with E-state index in [9.17, 15) is 17.6 Å². The molecule has 0 spiro atoms. The molecule has 164 valence electrons. The van der Waals surface area contributed by atoms with Gasteiger partial charge in [0.2, 0.25) is 15.3 Å². The van der Waals surface area contributed by atoms with Crippen molar-refractivity contribution in [3.63, 3.8) is 0 Å². The molecule has 4 rings (SSSR count). The standard InChI is InChI=1S/C26H24FNO3S/c1-17(2)20-8-11-22(12-9-20)32(30,31)25-16-28(15-19-6-4-18(3)5-7-19)24-13-10-21(27)14-23(24)26(25)29/h4-14,16-17H,15H2,1-3H3. The van der Waals surface area contributed by atoms with Gasteiger partial charge in [0.1, 0.15) is 10.7 Å². The highest BCUT2D eigenvalue weighted by molar-refractivity contribution is 7.91. The van der Waals surface area contributed by atoms with Crippen molar-refractivity contribution in [2.24, 2.45) is 0 Å². The smallest absolute Gasteiger partial charge is 0.211 e. The second-order valence-corrected chi connectivity index (χ2v) is 10.2. The average molecular weight is 450 g/mol. The largest absolute Gasteiger partial charge is 0.341 e. The molecule has 6 heteroatoms. The molecule has 0 amide bonds. The van der Waals surface area contributed by atoms with Crippen molar-refractivity contribution in [1.82, 2.24) is 4.57 Å². The van der Waals surface area contributed by atoms with Crippen molar-refractivity contribution in [3.8, 4) is 0 Å². The summed E-state index contributed by atoms with van der Waals surface area (Å²) >= 11 is 0. The monoisotopic (exact) mass is 449 g/mol. The van der Waals surface area contributed by atoms with E-state index in [0.29, 0.717) is 12.1 Å². The van der Waals surface area contributed by atoms with Gasteiger partial charge in [-0.05, 0) is 54.3 Å². The van der Waals surface area contributed by atoms with Gasteiger partial charge in [0.05, 0.1) is 10.4 Å². The van der Waals surface area contributed by atoms with Gasteiger partial charge < -0.3 is 4.57 Å². The van der Waals surface area contributed by atoms with Crippen LogP contribution in [0.5, 0.6) is 0 Å². The van der Waals surface area contributed by atoms with E-state index < -0.39 is 21.1 Å². The van der Waals surface area contributed by atoms with Crippen LogP contribution < -0.4 is 5.43 Å². The van der Waals surface area contributed by atoms with Crippen LogP contribution in [0.1, 0.15) is 36.5 Å².